The molecule has 8 nitrogen and oxygen atoms in total. The standard InChI is InChI=1S/C24H22F4N8/c25-16-3-2-14(6-17(16)26)18-7-15(10-36-13-34-21-22(29)32-12-33-23(21)36)19(9-31-18)35-5-1-4-24(30,11-35)8-20(27)28/h2-3,6-9,12-13H,1,4-5,10-11,30H2,(H2,29,32,33). The van der Waals surface area contributed by atoms with Gasteiger partial charge in [0.15, 0.2) is 23.1 Å². The molecule has 4 heterocycles. The lowest BCUT2D eigenvalue weighted by Gasteiger charge is -2.40. The number of anilines is 2. The Morgan fingerprint density at radius 3 is 2.69 bits per heavy atom. The summed E-state index contributed by atoms with van der Waals surface area (Å²) in [6.07, 6.45) is 4.49. The van der Waals surface area contributed by atoms with Gasteiger partial charge in [-0.05, 0) is 42.7 Å². The number of pyridine rings is 1. The van der Waals surface area contributed by atoms with E-state index in [-0.39, 0.29) is 18.9 Å². The SMILES string of the molecule is Nc1ncnc2c1ncn2Cc1cc(-c2ccc(F)c(F)c2)ncc1N1CCCC(N)(C=C(F)F)C1. The molecule has 0 bridgehead atoms. The fourth-order valence-corrected chi connectivity index (χ4v) is 4.57. The van der Waals surface area contributed by atoms with Crippen molar-refractivity contribution in [2.75, 3.05) is 23.7 Å². The Kier molecular flexibility index (Phi) is 6.04. The van der Waals surface area contributed by atoms with E-state index in [9.17, 15) is 17.6 Å². The summed E-state index contributed by atoms with van der Waals surface area (Å²) in [7, 11) is 0. The molecule has 5 rings (SSSR count). The number of aromatic nitrogens is 5. The molecule has 0 amide bonds. The molecule has 0 aliphatic carbocycles. The monoisotopic (exact) mass is 498 g/mol. The lowest BCUT2D eigenvalue weighted by molar-refractivity contribution is 0.367. The summed E-state index contributed by atoms with van der Waals surface area (Å²) in [5.41, 5.74) is 14.1. The molecular weight excluding hydrogens is 476 g/mol. The van der Waals surface area contributed by atoms with Crippen molar-refractivity contribution < 1.29 is 17.6 Å². The number of piperidine rings is 1. The second-order valence-electron chi connectivity index (χ2n) is 8.82. The molecule has 0 radical (unpaired) electrons. The Labute approximate surface area is 203 Å². The van der Waals surface area contributed by atoms with E-state index < -0.39 is 23.3 Å². The molecule has 4 aromatic rings. The van der Waals surface area contributed by atoms with Gasteiger partial charge in [0.1, 0.15) is 11.8 Å². The van der Waals surface area contributed by atoms with Crippen LogP contribution in [-0.4, -0.2) is 43.1 Å². The smallest absolute Gasteiger partial charge is 0.268 e. The maximum absolute atomic E-state index is 13.9. The summed E-state index contributed by atoms with van der Waals surface area (Å²) < 4.78 is 55.3. The van der Waals surface area contributed by atoms with Crippen molar-refractivity contribution in [3.63, 3.8) is 0 Å². The second kappa shape index (κ2) is 9.19. The molecular formula is C24H22F4N8. The third-order valence-corrected chi connectivity index (χ3v) is 6.24. The molecule has 1 aliphatic rings. The van der Waals surface area contributed by atoms with Gasteiger partial charge in [-0.15, -0.1) is 0 Å². The van der Waals surface area contributed by atoms with Crippen molar-refractivity contribution in [1.82, 2.24) is 24.5 Å². The number of imidazole rings is 1. The summed E-state index contributed by atoms with van der Waals surface area (Å²) in [6.45, 7) is 1.01. The van der Waals surface area contributed by atoms with Gasteiger partial charge in [0.2, 0.25) is 0 Å². The van der Waals surface area contributed by atoms with E-state index in [1.54, 1.807) is 23.2 Å². The molecule has 0 spiro atoms. The molecule has 1 aromatic carbocycles. The molecule has 186 valence electrons. The van der Waals surface area contributed by atoms with Crippen LogP contribution in [0.3, 0.4) is 0 Å². The third kappa shape index (κ3) is 4.59. The van der Waals surface area contributed by atoms with E-state index in [1.807, 2.05) is 4.90 Å². The molecule has 0 saturated carbocycles. The first-order valence-electron chi connectivity index (χ1n) is 11.2. The summed E-state index contributed by atoms with van der Waals surface area (Å²) in [5, 5.41) is 0. The topological polar surface area (TPSA) is 112 Å². The van der Waals surface area contributed by atoms with Gasteiger partial charge in [0, 0.05) is 24.7 Å². The molecule has 3 aromatic heterocycles. The summed E-state index contributed by atoms with van der Waals surface area (Å²) in [6, 6.07) is 5.29. The van der Waals surface area contributed by atoms with Crippen molar-refractivity contribution in [2.45, 2.75) is 24.9 Å². The first-order chi connectivity index (χ1) is 17.2. The van der Waals surface area contributed by atoms with Crippen LogP contribution < -0.4 is 16.4 Å². The summed E-state index contributed by atoms with van der Waals surface area (Å²) >= 11 is 0. The van der Waals surface area contributed by atoms with Crippen molar-refractivity contribution >= 4 is 22.7 Å². The summed E-state index contributed by atoms with van der Waals surface area (Å²) in [5.74, 6) is -1.71. The van der Waals surface area contributed by atoms with Gasteiger partial charge in [-0.25, -0.2) is 23.7 Å². The van der Waals surface area contributed by atoms with E-state index in [4.69, 9.17) is 11.5 Å². The number of hydrogen-bond donors (Lipinski definition) is 2. The number of fused-ring (bicyclic) bond motifs is 1. The van der Waals surface area contributed by atoms with Gasteiger partial charge in [-0.2, -0.15) is 8.78 Å². The predicted octanol–water partition coefficient (Wildman–Crippen LogP) is 3.88. The van der Waals surface area contributed by atoms with Crippen molar-refractivity contribution in [2.24, 2.45) is 5.73 Å². The number of benzene rings is 1. The molecule has 1 atom stereocenters. The number of rotatable bonds is 5. The quantitative estimate of drug-likeness (QED) is 0.402. The Hall–Kier alpha value is -4.06. The minimum absolute atomic E-state index is 0.156. The Bertz CT molecular complexity index is 1470. The largest absolute Gasteiger partial charge is 0.382 e. The lowest BCUT2D eigenvalue weighted by Crippen LogP contribution is -2.53. The number of nitrogens with two attached hydrogens (primary N) is 2. The van der Waals surface area contributed by atoms with E-state index in [0.29, 0.717) is 47.5 Å². The van der Waals surface area contributed by atoms with E-state index in [2.05, 4.69) is 19.9 Å². The van der Waals surface area contributed by atoms with Gasteiger partial charge in [0.25, 0.3) is 6.08 Å². The Balaban J connectivity index is 1.59. The normalized spacial score (nSPS) is 18.0. The number of hydrogen-bond acceptors (Lipinski definition) is 7. The van der Waals surface area contributed by atoms with Crippen LogP contribution in [0, 0.1) is 11.6 Å². The van der Waals surface area contributed by atoms with Crippen molar-refractivity contribution in [1.29, 1.82) is 0 Å². The highest BCUT2D eigenvalue weighted by atomic mass is 19.3. The zero-order valence-electron chi connectivity index (χ0n) is 19.0. The number of halogens is 4. The van der Waals surface area contributed by atoms with Crippen molar-refractivity contribution in [3.05, 3.63) is 72.5 Å². The van der Waals surface area contributed by atoms with Gasteiger partial charge < -0.3 is 20.9 Å². The third-order valence-electron chi connectivity index (χ3n) is 6.24. The van der Waals surface area contributed by atoms with Gasteiger partial charge in [-0.3, -0.25) is 4.98 Å². The van der Waals surface area contributed by atoms with Crippen LogP contribution in [0.25, 0.3) is 22.4 Å². The average Bonchev–Trinajstić information content (AvgIpc) is 3.24. The minimum atomic E-state index is -1.83. The van der Waals surface area contributed by atoms with E-state index >= 15 is 0 Å². The molecule has 1 saturated heterocycles. The maximum Gasteiger partial charge on any atom is 0.268 e. The zero-order valence-corrected chi connectivity index (χ0v) is 19.0. The van der Waals surface area contributed by atoms with Crippen LogP contribution in [0.2, 0.25) is 0 Å². The van der Waals surface area contributed by atoms with Gasteiger partial charge in [0.05, 0.1) is 36.0 Å². The molecule has 1 aliphatic heterocycles. The fourth-order valence-electron chi connectivity index (χ4n) is 4.57. The maximum atomic E-state index is 13.9. The van der Waals surface area contributed by atoms with Crippen LogP contribution in [-0.2, 0) is 6.54 Å². The van der Waals surface area contributed by atoms with Crippen LogP contribution >= 0.6 is 0 Å². The van der Waals surface area contributed by atoms with Crippen LogP contribution in [0.4, 0.5) is 29.1 Å². The van der Waals surface area contributed by atoms with E-state index in [1.165, 1.54) is 12.4 Å². The predicted molar refractivity (Wildman–Crippen MR) is 127 cm³/mol. The first kappa shape index (κ1) is 23.7. The lowest BCUT2D eigenvalue weighted by atomic mass is 9.89. The molecule has 1 fully saturated rings. The fraction of sp³-hybridized carbons (Fsp3) is 0.250. The van der Waals surface area contributed by atoms with Crippen LogP contribution in [0.1, 0.15) is 18.4 Å². The van der Waals surface area contributed by atoms with Crippen molar-refractivity contribution in [3.8, 4) is 11.3 Å². The highest BCUT2D eigenvalue weighted by Gasteiger charge is 2.32. The van der Waals surface area contributed by atoms with Crippen LogP contribution in [0.5, 0.6) is 0 Å². The second-order valence-corrected chi connectivity index (χ2v) is 8.82. The molecule has 36 heavy (non-hydrogen) atoms. The highest BCUT2D eigenvalue weighted by molar-refractivity contribution is 5.81. The molecule has 4 N–H and O–H groups in total. The first-order valence-corrected chi connectivity index (χ1v) is 11.2. The number of nitrogens with zero attached hydrogens (tertiary/aromatic N) is 6. The highest BCUT2D eigenvalue weighted by Crippen LogP contribution is 2.32. The van der Waals surface area contributed by atoms with Gasteiger partial charge >= 0.3 is 0 Å². The van der Waals surface area contributed by atoms with E-state index in [0.717, 1.165) is 23.8 Å². The number of nitrogen functional groups attached to an aromatic ring is 1. The summed E-state index contributed by atoms with van der Waals surface area (Å²) in [4.78, 5) is 18.9. The molecule has 1 unspecified atom stereocenters. The Morgan fingerprint density at radius 2 is 1.92 bits per heavy atom. The Morgan fingerprint density at radius 1 is 1.08 bits per heavy atom. The zero-order chi connectivity index (χ0) is 25.4. The van der Waals surface area contributed by atoms with Gasteiger partial charge in [-0.1, -0.05) is 0 Å². The van der Waals surface area contributed by atoms with Crippen LogP contribution in [0.15, 0.2) is 55.3 Å². The average molecular weight is 498 g/mol. The minimum Gasteiger partial charge on any atom is -0.382 e. The molecule has 12 heteroatoms.